The molecule has 0 aliphatic heterocycles. The van der Waals surface area contributed by atoms with Crippen LogP contribution < -0.4 is 0 Å². The third kappa shape index (κ3) is 3.34. The molecule has 0 radical (unpaired) electrons. The fourth-order valence-corrected chi connectivity index (χ4v) is 10.9. The summed E-state index contributed by atoms with van der Waals surface area (Å²) < 4.78 is 5.89. The highest BCUT2D eigenvalue weighted by molar-refractivity contribution is 5.66. The summed E-state index contributed by atoms with van der Waals surface area (Å²) in [4.78, 5) is 24.5. The van der Waals surface area contributed by atoms with Crippen LogP contribution in [-0.2, 0) is 14.3 Å². The van der Waals surface area contributed by atoms with Crippen molar-refractivity contribution in [1.82, 2.24) is 0 Å². The number of hydrogen-bond acceptors (Lipinski definition) is 3. The molecule has 3 nitrogen and oxygen atoms in total. The first-order valence-electron chi connectivity index (χ1n) is 14.5. The Labute approximate surface area is 214 Å². The van der Waals surface area contributed by atoms with Crippen molar-refractivity contribution in [2.75, 3.05) is 0 Å². The van der Waals surface area contributed by atoms with Gasteiger partial charge in [-0.1, -0.05) is 60.1 Å². The van der Waals surface area contributed by atoms with Crippen LogP contribution in [0, 0.1) is 50.2 Å². The van der Waals surface area contributed by atoms with Crippen LogP contribution in [0.5, 0.6) is 0 Å². The predicted molar refractivity (Wildman–Crippen MR) is 141 cm³/mol. The van der Waals surface area contributed by atoms with Crippen LogP contribution in [-0.4, -0.2) is 18.4 Å². The average molecular weight is 483 g/mol. The summed E-state index contributed by atoms with van der Waals surface area (Å²) in [5.41, 5.74) is 2.51. The molecule has 0 bridgehead atoms. The van der Waals surface area contributed by atoms with Crippen LogP contribution in [0.15, 0.2) is 11.6 Å². The lowest BCUT2D eigenvalue weighted by Gasteiger charge is -2.71. The van der Waals surface area contributed by atoms with E-state index in [0.717, 1.165) is 44.9 Å². The van der Waals surface area contributed by atoms with Crippen molar-refractivity contribution in [3.63, 3.8) is 0 Å². The first-order valence-corrected chi connectivity index (χ1v) is 14.5. The first-order chi connectivity index (χ1) is 16.2. The molecule has 0 amide bonds. The number of hydrogen-bond donors (Lipinski definition) is 0. The highest BCUT2D eigenvalue weighted by Gasteiger charge is 2.68. The molecule has 5 rings (SSSR count). The minimum atomic E-state index is -0.138. The van der Waals surface area contributed by atoms with Gasteiger partial charge >= 0.3 is 5.97 Å². The second kappa shape index (κ2) is 7.70. The molecular formula is C32H50O3. The topological polar surface area (TPSA) is 43.4 Å². The van der Waals surface area contributed by atoms with Gasteiger partial charge < -0.3 is 9.53 Å². The SMILES string of the molecule is CC(=O)O[C@H]1CC[C@@]2(C)[C@H]3CC=C4[C@H]5CC(C)(C)CC[C@]5(C=O)CC[C@]4(C)[C@@]3(C)CC[C@H]2C1(C)C. The number of allylic oxidation sites excluding steroid dienone is 2. The Morgan fingerprint density at radius 3 is 2.26 bits per heavy atom. The minimum Gasteiger partial charge on any atom is -0.462 e. The average Bonchev–Trinajstić information content (AvgIpc) is 2.76. The molecule has 3 heteroatoms. The number of carbonyl (C=O) groups is 2. The molecule has 35 heavy (non-hydrogen) atoms. The van der Waals surface area contributed by atoms with E-state index in [-0.39, 0.29) is 39.1 Å². The Kier molecular flexibility index (Phi) is 5.62. The molecule has 5 aliphatic rings. The van der Waals surface area contributed by atoms with Gasteiger partial charge in [-0.05, 0) is 104 Å². The fourth-order valence-electron chi connectivity index (χ4n) is 10.9. The molecular weight excluding hydrogens is 432 g/mol. The highest BCUT2D eigenvalue weighted by atomic mass is 16.5. The molecule has 0 N–H and O–H groups in total. The van der Waals surface area contributed by atoms with E-state index in [9.17, 15) is 9.59 Å². The van der Waals surface area contributed by atoms with Crippen molar-refractivity contribution in [3.8, 4) is 0 Å². The van der Waals surface area contributed by atoms with E-state index in [0.29, 0.717) is 23.2 Å². The van der Waals surface area contributed by atoms with Gasteiger partial charge in [0.25, 0.3) is 0 Å². The zero-order valence-corrected chi connectivity index (χ0v) is 23.8. The Morgan fingerprint density at radius 1 is 0.914 bits per heavy atom. The first kappa shape index (κ1) is 25.5. The van der Waals surface area contributed by atoms with E-state index < -0.39 is 0 Å². The molecule has 0 aromatic heterocycles. The van der Waals surface area contributed by atoms with Crippen molar-refractivity contribution in [1.29, 1.82) is 0 Å². The van der Waals surface area contributed by atoms with Gasteiger partial charge in [-0.15, -0.1) is 0 Å². The van der Waals surface area contributed by atoms with Crippen LogP contribution in [0.4, 0.5) is 0 Å². The molecule has 4 fully saturated rings. The lowest BCUT2D eigenvalue weighted by atomic mass is 9.33. The summed E-state index contributed by atoms with van der Waals surface area (Å²) in [5, 5.41) is 0. The normalized spacial score (nSPS) is 49.9. The summed E-state index contributed by atoms with van der Waals surface area (Å²) in [5.74, 6) is 1.49. The summed E-state index contributed by atoms with van der Waals surface area (Å²) in [6, 6.07) is 0. The van der Waals surface area contributed by atoms with Crippen molar-refractivity contribution >= 4 is 12.3 Å². The quantitative estimate of drug-likeness (QED) is 0.228. The van der Waals surface area contributed by atoms with Crippen LogP contribution in [0.2, 0.25) is 0 Å². The zero-order valence-electron chi connectivity index (χ0n) is 23.8. The number of fused-ring (bicyclic) bond motifs is 7. The Bertz CT molecular complexity index is 944. The standard InChI is InChI=1S/C32H50O3/c1-21(34)35-26-12-13-29(6)24(28(26,4)5)11-14-31(8)25(29)10-9-22-23-19-27(2,3)15-17-32(23,20-33)18-16-30(22,31)7/h9,20,23-26H,10-19H2,1-8H3/t23-,24+,25-,26+,29-,30+,31+,32-/m1/s1. The van der Waals surface area contributed by atoms with E-state index in [2.05, 4.69) is 54.5 Å². The van der Waals surface area contributed by atoms with E-state index in [1.54, 1.807) is 12.5 Å². The Morgan fingerprint density at radius 2 is 1.60 bits per heavy atom. The van der Waals surface area contributed by atoms with Gasteiger partial charge in [0, 0.05) is 17.8 Å². The number of rotatable bonds is 2. The lowest BCUT2D eigenvalue weighted by Crippen LogP contribution is -2.65. The number of aldehydes is 1. The predicted octanol–water partition coefficient (Wildman–Crippen LogP) is 7.92. The molecule has 0 aromatic rings. The van der Waals surface area contributed by atoms with Crippen molar-refractivity contribution in [2.24, 2.45) is 50.2 Å². The smallest absolute Gasteiger partial charge is 0.302 e. The van der Waals surface area contributed by atoms with Crippen LogP contribution in [0.25, 0.3) is 0 Å². The van der Waals surface area contributed by atoms with Gasteiger partial charge in [-0.25, -0.2) is 0 Å². The molecule has 5 aliphatic carbocycles. The minimum absolute atomic E-state index is 0.00245. The number of ether oxygens (including phenoxy) is 1. The van der Waals surface area contributed by atoms with Crippen LogP contribution >= 0.6 is 0 Å². The number of esters is 1. The maximum absolute atomic E-state index is 12.6. The van der Waals surface area contributed by atoms with E-state index in [1.807, 2.05) is 0 Å². The summed E-state index contributed by atoms with van der Waals surface area (Å²) in [6.45, 7) is 18.9. The molecule has 0 aromatic carbocycles. The van der Waals surface area contributed by atoms with Gasteiger partial charge in [0.2, 0.25) is 0 Å². The lowest BCUT2D eigenvalue weighted by molar-refractivity contribution is -0.211. The monoisotopic (exact) mass is 482 g/mol. The maximum atomic E-state index is 12.6. The van der Waals surface area contributed by atoms with Crippen LogP contribution in [0.1, 0.15) is 120 Å². The Hall–Kier alpha value is -1.12. The Balaban J connectivity index is 1.54. The van der Waals surface area contributed by atoms with E-state index in [1.165, 1.54) is 25.5 Å². The molecule has 0 spiro atoms. The molecule has 196 valence electrons. The van der Waals surface area contributed by atoms with Crippen molar-refractivity contribution in [3.05, 3.63) is 11.6 Å². The highest BCUT2D eigenvalue weighted by Crippen LogP contribution is 2.75. The molecule has 0 unspecified atom stereocenters. The van der Waals surface area contributed by atoms with Crippen LogP contribution in [0.3, 0.4) is 0 Å². The molecule has 0 heterocycles. The summed E-state index contributed by atoms with van der Waals surface area (Å²) in [7, 11) is 0. The maximum Gasteiger partial charge on any atom is 0.302 e. The summed E-state index contributed by atoms with van der Waals surface area (Å²) in [6.07, 6.45) is 15.4. The van der Waals surface area contributed by atoms with E-state index in [4.69, 9.17) is 4.74 Å². The van der Waals surface area contributed by atoms with Gasteiger partial charge in [0.1, 0.15) is 12.4 Å². The van der Waals surface area contributed by atoms with Gasteiger partial charge in [0.15, 0.2) is 0 Å². The molecule has 8 atom stereocenters. The van der Waals surface area contributed by atoms with Gasteiger partial charge in [-0.3, -0.25) is 4.79 Å². The van der Waals surface area contributed by atoms with Gasteiger partial charge in [-0.2, -0.15) is 0 Å². The van der Waals surface area contributed by atoms with E-state index >= 15 is 0 Å². The number of carbonyl (C=O) groups excluding carboxylic acids is 2. The largest absolute Gasteiger partial charge is 0.462 e. The molecule has 4 saturated carbocycles. The third-order valence-corrected chi connectivity index (χ3v) is 13.2. The van der Waals surface area contributed by atoms with Gasteiger partial charge in [0.05, 0.1) is 0 Å². The zero-order chi connectivity index (χ0) is 25.7. The fraction of sp³-hybridized carbons (Fsp3) is 0.875. The second-order valence-corrected chi connectivity index (χ2v) is 15.5. The van der Waals surface area contributed by atoms with Crippen molar-refractivity contribution < 1.29 is 14.3 Å². The summed E-state index contributed by atoms with van der Waals surface area (Å²) >= 11 is 0. The van der Waals surface area contributed by atoms with Crippen molar-refractivity contribution in [2.45, 2.75) is 126 Å². The third-order valence-electron chi connectivity index (χ3n) is 13.2. The molecule has 0 saturated heterocycles. The second-order valence-electron chi connectivity index (χ2n) is 15.5.